The van der Waals surface area contributed by atoms with Crippen LogP contribution in [0.15, 0.2) is 0 Å². The van der Waals surface area contributed by atoms with Gasteiger partial charge in [0.15, 0.2) is 0 Å². The third kappa shape index (κ3) is 145. The van der Waals surface area contributed by atoms with Gasteiger partial charge in [-0.3, -0.25) is 0 Å². The van der Waals surface area contributed by atoms with Crippen molar-refractivity contribution in [3.05, 3.63) is 0 Å². The van der Waals surface area contributed by atoms with Crippen LogP contribution in [0.3, 0.4) is 0 Å². The van der Waals surface area contributed by atoms with E-state index in [0.717, 1.165) is 0 Å². The largest absolute Gasteiger partial charge is 1.00 e. The molecule has 0 aliphatic heterocycles. The molecule has 0 heterocycles. The Morgan fingerprint density at radius 1 is 0.889 bits per heavy atom. The molecule has 0 aromatic rings. The summed E-state index contributed by atoms with van der Waals surface area (Å²) in [7, 11) is -4.61. The Bertz CT molecular complexity index is 38.7. The van der Waals surface area contributed by atoms with Gasteiger partial charge in [0.25, 0.3) is 0 Å². The Kier molecular flexibility index (Phi) is 43.2. The standard InChI is InChI=1S/Fe.Li.2Ni.H4O4Si.H/c;;;;1-5(2,3)4;/h;;;;1-4H;/q;+1;;;;-1. The third-order valence-electron chi connectivity index (χ3n) is 0. The van der Waals surface area contributed by atoms with Crippen molar-refractivity contribution >= 4 is 9.05 Å². The first kappa shape index (κ1) is 30.4. The van der Waals surface area contributed by atoms with E-state index < -0.39 is 9.05 Å². The third-order valence-corrected chi connectivity index (χ3v) is 0. The van der Waals surface area contributed by atoms with Gasteiger partial charge < -0.3 is 20.6 Å². The van der Waals surface area contributed by atoms with Crippen LogP contribution in [0.5, 0.6) is 0 Å². The Labute approximate surface area is 97.9 Å². The molecular weight excluding hydrogens is 272 g/mol. The van der Waals surface area contributed by atoms with Crippen molar-refractivity contribution in [1.29, 1.82) is 0 Å². The number of hydrogen-bond acceptors (Lipinski definition) is 4. The van der Waals surface area contributed by atoms with E-state index in [0.29, 0.717) is 0 Å². The quantitative estimate of drug-likeness (QED) is 0.333. The van der Waals surface area contributed by atoms with Gasteiger partial charge >= 0.3 is 27.9 Å². The molecule has 0 spiro atoms. The summed E-state index contributed by atoms with van der Waals surface area (Å²) in [5.74, 6) is 0. The van der Waals surface area contributed by atoms with Gasteiger partial charge in [0.1, 0.15) is 0 Å². The smallest absolute Gasteiger partial charge is 1.00 e. The SMILES string of the molecule is O[Si](O)(O)O.[Fe].[H-].[Li+].[Ni].[Ni]. The van der Waals surface area contributed by atoms with E-state index >= 15 is 0 Å². The van der Waals surface area contributed by atoms with E-state index in [4.69, 9.17) is 19.2 Å². The minimum Gasteiger partial charge on any atom is -1.00 e. The van der Waals surface area contributed by atoms with Crippen LogP contribution >= 0.6 is 0 Å². The fourth-order valence-corrected chi connectivity index (χ4v) is 0. The molecule has 0 fully saturated rings. The van der Waals surface area contributed by atoms with E-state index in [2.05, 4.69) is 0 Å². The van der Waals surface area contributed by atoms with Crippen LogP contribution in [0, 0.1) is 0 Å². The predicted octanol–water partition coefficient (Wildman–Crippen LogP) is -5.50. The Hall–Kier alpha value is 2.16. The van der Waals surface area contributed by atoms with Crippen molar-refractivity contribution in [3.63, 3.8) is 0 Å². The van der Waals surface area contributed by atoms with Crippen molar-refractivity contribution in [2.45, 2.75) is 0 Å². The molecule has 0 unspecified atom stereocenters. The molecule has 0 bridgehead atoms. The monoisotopic (exact) mass is 276 g/mol. The average Bonchev–Trinajstić information content (AvgIpc) is 0.722. The number of rotatable bonds is 0. The van der Waals surface area contributed by atoms with E-state index in [1.807, 2.05) is 0 Å². The molecule has 4 N–H and O–H groups in total. The maximum absolute atomic E-state index is 7.33. The Morgan fingerprint density at radius 2 is 0.889 bits per heavy atom. The molecule has 0 saturated carbocycles. The maximum atomic E-state index is 7.33. The van der Waals surface area contributed by atoms with Gasteiger partial charge in [-0.1, -0.05) is 0 Å². The Morgan fingerprint density at radius 3 is 0.889 bits per heavy atom. The van der Waals surface area contributed by atoms with Crippen molar-refractivity contribution < 1.29 is 89.5 Å². The molecule has 62 valence electrons. The number of hydrogen-bond donors (Lipinski definition) is 4. The summed E-state index contributed by atoms with van der Waals surface area (Å²) in [6, 6.07) is 0. The van der Waals surface area contributed by atoms with Gasteiger partial charge in [0.2, 0.25) is 0 Å². The van der Waals surface area contributed by atoms with E-state index in [1.165, 1.54) is 0 Å². The minimum atomic E-state index is -4.61. The first-order chi connectivity index (χ1) is 2.00. The Balaban J connectivity index is -0.00000000800. The molecule has 0 aliphatic carbocycles. The summed E-state index contributed by atoms with van der Waals surface area (Å²) < 4.78 is 0. The van der Waals surface area contributed by atoms with Crippen LogP contribution in [-0.4, -0.2) is 28.2 Å². The van der Waals surface area contributed by atoms with Gasteiger partial charge in [0, 0.05) is 50.1 Å². The molecule has 0 saturated heterocycles. The van der Waals surface area contributed by atoms with E-state index in [1.54, 1.807) is 0 Å². The average molecular weight is 277 g/mol. The zero-order chi connectivity index (χ0) is 4.50. The van der Waals surface area contributed by atoms with Crippen molar-refractivity contribution in [2.24, 2.45) is 0 Å². The van der Waals surface area contributed by atoms with Gasteiger partial charge in [0.05, 0.1) is 0 Å². The first-order valence-corrected chi connectivity index (χ1v) is 2.68. The fraction of sp³-hybridized carbons (Fsp3) is 0. The molecule has 0 atom stereocenters. The van der Waals surface area contributed by atoms with E-state index in [-0.39, 0.29) is 70.3 Å². The minimum absolute atomic E-state index is 0. The fourth-order valence-electron chi connectivity index (χ4n) is 0. The summed E-state index contributed by atoms with van der Waals surface area (Å²) in [6.07, 6.45) is 0. The summed E-state index contributed by atoms with van der Waals surface area (Å²) in [6.45, 7) is 0. The zero-order valence-corrected chi connectivity index (χ0v) is 8.35. The predicted molar refractivity (Wildman–Crippen MR) is 15.7 cm³/mol. The van der Waals surface area contributed by atoms with Crippen LogP contribution in [0.1, 0.15) is 1.43 Å². The second-order valence-corrected chi connectivity index (χ2v) is 1.80. The normalized spacial score (nSPS) is 6.67. The molecule has 9 heavy (non-hydrogen) atoms. The van der Waals surface area contributed by atoms with Crippen LogP contribution in [0.2, 0.25) is 0 Å². The van der Waals surface area contributed by atoms with Gasteiger partial charge in [-0.25, -0.2) is 0 Å². The second kappa shape index (κ2) is 12.8. The molecule has 0 amide bonds. The van der Waals surface area contributed by atoms with Gasteiger partial charge in [-0.2, -0.15) is 0 Å². The van der Waals surface area contributed by atoms with E-state index in [9.17, 15) is 0 Å². The van der Waals surface area contributed by atoms with Crippen molar-refractivity contribution in [1.82, 2.24) is 0 Å². The van der Waals surface area contributed by atoms with Crippen LogP contribution in [0.4, 0.5) is 0 Å². The second-order valence-electron chi connectivity index (χ2n) is 0.600. The molecule has 4 nitrogen and oxygen atoms in total. The van der Waals surface area contributed by atoms with Gasteiger partial charge in [-0.15, -0.1) is 0 Å². The summed E-state index contributed by atoms with van der Waals surface area (Å²) in [4.78, 5) is 29.3. The molecule has 9 heteroatoms. The summed E-state index contributed by atoms with van der Waals surface area (Å²) >= 11 is 0. The molecule has 0 aromatic heterocycles. The summed E-state index contributed by atoms with van der Waals surface area (Å²) in [5, 5.41) is 0. The molecule has 0 rings (SSSR count). The van der Waals surface area contributed by atoms with Crippen molar-refractivity contribution in [2.75, 3.05) is 0 Å². The molecular formula is H5FeLiNi2O4Si. The maximum Gasteiger partial charge on any atom is 1.00 e. The van der Waals surface area contributed by atoms with Gasteiger partial charge in [-0.05, 0) is 0 Å². The van der Waals surface area contributed by atoms with Crippen molar-refractivity contribution in [3.8, 4) is 0 Å². The molecule has 0 aromatic carbocycles. The molecule has 0 aliphatic rings. The zero-order valence-electron chi connectivity index (χ0n) is 5.27. The van der Waals surface area contributed by atoms with Crippen LogP contribution in [0.25, 0.3) is 0 Å². The summed E-state index contributed by atoms with van der Waals surface area (Å²) in [5.41, 5.74) is 0. The molecule has 0 radical (unpaired) electrons. The first-order valence-electron chi connectivity index (χ1n) is 0.894. The van der Waals surface area contributed by atoms with Crippen LogP contribution in [-0.2, 0) is 50.1 Å². The topological polar surface area (TPSA) is 80.9 Å². The van der Waals surface area contributed by atoms with Crippen LogP contribution < -0.4 is 18.9 Å².